The van der Waals surface area contributed by atoms with Gasteiger partial charge in [0.1, 0.15) is 10.5 Å². The third-order valence-electron chi connectivity index (χ3n) is 9.56. The molecule has 0 saturated carbocycles. The highest BCUT2D eigenvalue weighted by atomic mass is 32.2. The molecule has 2 aromatic rings. The summed E-state index contributed by atoms with van der Waals surface area (Å²) in [4.78, 5) is 28.2. The quantitative estimate of drug-likeness (QED) is 0.205. The van der Waals surface area contributed by atoms with E-state index >= 15 is 0 Å². The maximum Gasteiger partial charge on any atom is 0.494 e. The summed E-state index contributed by atoms with van der Waals surface area (Å²) < 4.78 is 48.9. The van der Waals surface area contributed by atoms with Crippen LogP contribution in [-0.4, -0.2) is 67.9 Å². The Morgan fingerprint density at radius 2 is 1.69 bits per heavy atom. The summed E-state index contributed by atoms with van der Waals surface area (Å²) in [5.41, 5.74) is 0.119. The zero-order valence-electron chi connectivity index (χ0n) is 29.9. The molecule has 0 N–H and O–H groups in total. The first-order chi connectivity index (χ1) is 22.2. The number of anilines is 1. The topological polar surface area (TPSA) is 127 Å². The van der Waals surface area contributed by atoms with Crippen LogP contribution in [0.15, 0.2) is 50.8 Å². The number of hydrogen-bond acceptors (Lipinski definition) is 9. The standard InChI is InChI=1S/C35H47BN4O7S/c1-12-35(13-2)26-18-23(14-17-27(26)40(30(35)41)31(42)45-32(5,6)7)20-37-39(21-22(3)4)29-25-16-15-24(19-28(25)48(43,44)38-29)36-46-33(8,9)34(10,11)47-36/h14-20,22H,12-13,21H2,1-11H3/b37-20+. The van der Waals surface area contributed by atoms with E-state index in [0.717, 1.165) is 10.5 Å². The van der Waals surface area contributed by atoms with Gasteiger partial charge >= 0.3 is 13.2 Å². The Kier molecular flexibility index (Phi) is 9.01. The van der Waals surface area contributed by atoms with Crippen molar-refractivity contribution in [1.29, 1.82) is 0 Å². The molecule has 3 heterocycles. The van der Waals surface area contributed by atoms with Crippen molar-refractivity contribution in [3.8, 4) is 0 Å². The molecular weight excluding hydrogens is 631 g/mol. The fourth-order valence-corrected chi connectivity index (χ4v) is 7.45. The van der Waals surface area contributed by atoms with Gasteiger partial charge in [-0.1, -0.05) is 45.9 Å². The van der Waals surface area contributed by atoms with E-state index in [1.54, 1.807) is 62.3 Å². The van der Waals surface area contributed by atoms with Gasteiger partial charge in [0.25, 0.3) is 10.0 Å². The van der Waals surface area contributed by atoms with Crippen molar-refractivity contribution in [3.05, 3.63) is 53.1 Å². The summed E-state index contributed by atoms with van der Waals surface area (Å²) in [5.74, 6) is 0.0297. The molecule has 258 valence electrons. The molecule has 0 spiro atoms. The average Bonchev–Trinajstić information content (AvgIpc) is 3.48. The molecule has 0 bridgehead atoms. The van der Waals surface area contributed by atoms with E-state index in [4.69, 9.17) is 19.1 Å². The van der Waals surface area contributed by atoms with Crippen LogP contribution in [-0.2, 0) is 34.3 Å². The second kappa shape index (κ2) is 12.1. The van der Waals surface area contributed by atoms with Gasteiger partial charge in [-0.25, -0.2) is 14.7 Å². The number of benzene rings is 2. The molecule has 11 nitrogen and oxygen atoms in total. The molecule has 3 aliphatic heterocycles. The third-order valence-corrected chi connectivity index (χ3v) is 10.9. The number of imide groups is 1. The second-order valence-electron chi connectivity index (χ2n) is 15.1. The lowest BCUT2D eigenvalue weighted by Gasteiger charge is -2.32. The number of hydrogen-bond donors (Lipinski definition) is 0. The Hall–Kier alpha value is -3.55. The van der Waals surface area contributed by atoms with Crippen molar-refractivity contribution in [2.75, 3.05) is 11.4 Å². The van der Waals surface area contributed by atoms with E-state index in [1.165, 1.54) is 0 Å². The Morgan fingerprint density at radius 1 is 1.06 bits per heavy atom. The van der Waals surface area contributed by atoms with E-state index < -0.39 is 45.5 Å². The molecule has 0 aromatic heterocycles. The molecule has 1 fully saturated rings. The summed E-state index contributed by atoms with van der Waals surface area (Å²) in [6, 6.07) is 10.5. The maximum atomic E-state index is 13.8. The average molecular weight is 679 g/mol. The van der Waals surface area contributed by atoms with Crippen LogP contribution in [0.1, 0.15) is 106 Å². The monoisotopic (exact) mass is 678 g/mol. The van der Waals surface area contributed by atoms with Crippen LogP contribution in [0.5, 0.6) is 0 Å². The zero-order chi connectivity index (χ0) is 35.6. The van der Waals surface area contributed by atoms with E-state index in [0.29, 0.717) is 41.7 Å². The van der Waals surface area contributed by atoms with Crippen LogP contribution < -0.4 is 10.4 Å². The smallest absolute Gasteiger partial charge is 0.443 e. The minimum atomic E-state index is -4.02. The fourth-order valence-electron chi connectivity index (χ4n) is 6.20. The van der Waals surface area contributed by atoms with Gasteiger partial charge in [-0.15, -0.1) is 4.40 Å². The molecule has 1 saturated heterocycles. The van der Waals surface area contributed by atoms with Gasteiger partial charge < -0.3 is 14.0 Å². The summed E-state index contributed by atoms with van der Waals surface area (Å²) in [6.07, 6.45) is 1.91. The van der Waals surface area contributed by atoms with E-state index in [9.17, 15) is 18.0 Å². The highest BCUT2D eigenvalue weighted by Crippen LogP contribution is 2.47. The van der Waals surface area contributed by atoms with Crippen LogP contribution in [0, 0.1) is 5.92 Å². The minimum Gasteiger partial charge on any atom is -0.443 e. The zero-order valence-corrected chi connectivity index (χ0v) is 30.7. The predicted molar refractivity (Wildman–Crippen MR) is 187 cm³/mol. The maximum absolute atomic E-state index is 13.8. The van der Waals surface area contributed by atoms with Crippen LogP contribution in [0.25, 0.3) is 0 Å². The lowest BCUT2D eigenvalue weighted by molar-refractivity contribution is -0.123. The molecular formula is C35H47BN4O7S. The van der Waals surface area contributed by atoms with Gasteiger partial charge in [0.2, 0.25) is 5.91 Å². The SMILES string of the molecule is CCC1(CC)C(=O)N(C(=O)OC(C)(C)C)c2ccc(/C=N/N(CC(C)C)C3=NS(=O)(=O)c4cc(B5OC(C)(C)C(C)(C)O5)ccc43)cc21. The van der Waals surface area contributed by atoms with Crippen LogP contribution in [0.3, 0.4) is 0 Å². The summed E-state index contributed by atoms with van der Waals surface area (Å²) in [5, 5.41) is 6.34. The Balaban J connectivity index is 1.49. The first kappa shape index (κ1) is 35.8. The number of nitrogens with zero attached hydrogens (tertiary/aromatic N) is 4. The molecule has 2 amide bonds. The summed E-state index contributed by atoms with van der Waals surface area (Å²) in [7, 11) is -4.74. The first-order valence-electron chi connectivity index (χ1n) is 16.5. The fraction of sp³-hybridized carbons (Fsp3) is 0.543. The molecule has 0 radical (unpaired) electrons. The van der Waals surface area contributed by atoms with E-state index in [-0.39, 0.29) is 22.6 Å². The molecule has 48 heavy (non-hydrogen) atoms. The van der Waals surface area contributed by atoms with Gasteiger partial charge in [-0.05, 0) is 102 Å². The Labute approximate surface area is 284 Å². The number of carbonyl (C=O) groups is 2. The van der Waals surface area contributed by atoms with Crippen molar-refractivity contribution in [1.82, 2.24) is 5.01 Å². The van der Waals surface area contributed by atoms with Crippen molar-refractivity contribution in [3.63, 3.8) is 0 Å². The number of hydrazone groups is 1. The van der Waals surface area contributed by atoms with E-state index in [1.807, 2.05) is 61.5 Å². The van der Waals surface area contributed by atoms with Crippen molar-refractivity contribution < 1.29 is 32.1 Å². The number of amides is 2. The molecule has 5 rings (SSSR count). The van der Waals surface area contributed by atoms with Gasteiger partial charge in [-0.3, -0.25) is 4.79 Å². The number of rotatable bonds is 7. The van der Waals surface area contributed by atoms with Gasteiger partial charge in [0.05, 0.1) is 28.5 Å². The van der Waals surface area contributed by atoms with Gasteiger partial charge in [0.15, 0.2) is 5.84 Å². The van der Waals surface area contributed by atoms with E-state index in [2.05, 4.69) is 4.40 Å². The van der Waals surface area contributed by atoms with Gasteiger partial charge in [-0.2, -0.15) is 13.5 Å². The molecule has 0 aliphatic carbocycles. The lowest BCUT2D eigenvalue weighted by atomic mass is 9.76. The molecule has 0 unspecified atom stereocenters. The molecule has 3 aliphatic rings. The largest absolute Gasteiger partial charge is 0.494 e. The van der Waals surface area contributed by atoms with Crippen molar-refractivity contribution in [2.24, 2.45) is 15.4 Å². The van der Waals surface area contributed by atoms with Gasteiger partial charge in [0, 0.05) is 12.1 Å². The first-order valence-corrected chi connectivity index (χ1v) is 18.0. The highest BCUT2D eigenvalue weighted by Gasteiger charge is 2.53. The Bertz CT molecular complexity index is 1790. The third kappa shape index (κ3) is 6.20. The predicted octanol–water partition coefficient (Wildman–Crippen LogP) is 5.77. The van der Waals surface area contributed by atoms with Crippen molar-refractivity contribution >= 4 is 52.3 Å². The number of amidine groups is 1. The molecule has 2 aromatic carbocycles. The second-order valence-corrected chi connectivity index (χ2v) is 16.7. The molecule has 0 atom stereocenters. The highest BCUT2D eigenvalue weighted by molar-refractivity contribution is 7.90. The molecule has 13 heteroatoms. The Morgan fingerprint density at radius 3 is 2.25 bits per heavy atom. The summed E-state index contributed by atoms with van der Waals surface area (Å²) in [6.45, 7) is 21.4. The minimum absolute atomic E-state index is 0.0719. The lowest BCUT2D eigenvalue weighted by Crippen LogP contribution is -2.44. The van der Waals surface area contributed by atoms with Crippen molar-refractivity contribution in [2.45, 2.75) is 116 Å². The number of sulfonamides is 1. The van der Waals surface area contributed by atoms with Crippen LogP contribution in [0.4, 0.5) is 10.5 Å². The van der Waals surface area contributed by atoms with Crippen LogP contribution in [0.2, 0.25) is 0 Å². The normalized spacial score (nSPS) is 20.3. The number of carbonyl (C=O) groups excluding carboxylic acids is 2. The number of ether oxygens (including phenoxy) is 1. The number of fused-ring (bicyclic) bond motifs is 2. The summed E-state index contributed by atoms with van der Waals surface area (Å²) >= 11 is 0. The van der Waals surface area contributed by atoms with Crippen LogP contribution >= 0.6 is 0 Å².